The highest BCUT2D eigenvalue weighted by atomic mass is 32.2. The molecule has 2 aromatic rings. The normalized spacial score (nSPS) is 12.0. The molecule has 0 aliphatic heterocycles. The Balaban J connectivity index is 2.32. The zero-order valence-corrected chi connectivity index (χ0v) is 12.2. The molecule has 0 radical (unpaired) electrons. The molecule has 0 amide bonds. The zero-order valence-electron chi connectivity index (χ0n) is 11.4. The number of nitrogens with two attached hydrogens (primary N) is 1. The highest BCUT2D eigenvalue weighted by Gasteiger charge is 2.28. The summed E-state index contributed by atoms with van der Waals surface area (Å²) in [7, 11) is -2.10. The highest BCUT2D eigenvalue weighted by molar-refractivity contribution is 7.89. The third kappa shape index (κ3) is 2.72. The van der Waals surface area contributed by atoms with Gasteiger partial charge in [0.2, 0.25) is 10.0 Å². The number of H-pyrrole nitrogens is 1. The quantitative estimate of drug-likeness (QED) is 0.830. The van der Waals surface area contributed by atoms with Crippen LogP contribution < -0.4 is 5.73 Å². The van der Waals surface area contributed by atoms with E-state index < -0.39 is 10.0 Å². The number of nitrogens with one attached hydrogen (secondary N) is 1. The first-order valence-electron chi connectivity index (χ1n) is 6.06. The van der Waals surface area contributed by atoms with E-state index in [4.69, 9.17) is 5.73 Å². The maximum atomic E-state index is 12.6. The van der Waals surface area contributed by atoms with Crippen LogP contribution in [0.2, 0.25) is 0 Å². The molecular formula is C12H17N5O2S. The Labute approximate surface area is 117 Å². The van der Waals surface area contributed by atoms with E-state index in [0.717, 1.165) is 5.56 Å². The van der Waals surface area contributed by atoms with Crippen LogP contribution in [0.3, 0.4) is 0 Å². The van der Waals surface area contributed by atoms with Crippen molar-refractivity contribution in [2.24, 2.45) is 5.73 Å². The van der Waals surface area contributed by atoms with E-state index in [1.807, 2.05) is 0 Å². The Morgan fingerprint density at radius 3 is 2.60 bits per heavy atom. The lowest BCUT2D eigenvalue weighted by atomic mass is 10.3. The minimum atomic E-state index is -3.63. The molecule has 0 fully saturated rings. The van der Waals surface area contributed by atoms with Gasteiger partial charge in [0.1, 0.15) is 4.90 Å². The molecule has 2 rings (SSSR count). The lowest BCUT2D eigenvalue weighted by Crippen LogP contribution is -2.28. The lowest BCUT2D eigenvalue weighted by Gasteiger charge is -2.17. The summed E-state index contributed by atoms with van der Waals surface area (Å²) in [5.74, 6) is 0. The number of aromatic amines is 1. The molecule has 7 nitrogen and oxygen atoms in total. The van der Waals surface area contributed by atoms with Crippen LogP contribution in [0.15, 0.2) is 29.4 Å². The van der Waals surface area contributed by atoms with Crippen molar-refractivity contribution in [3.63, 3.8) is 0 Å². The van der Waals surface area contributed by atoms with E-state index in [2.05, 4.69) is 15.2 Å². The molecule has 3 N–H and O–H groups in total. The molecule has 0 spiro atoms. The lowest BCUT2D eigenvalue weighted by molar-refractivity contribution is 0.465. The van der Waals surface area contributed by atoms with Gasteiger partial charge < -0.3 is 5.73 Å². The Morgan fingerprint density at radius 2 is 2.00 bits per heavy atom. The molecule has 0 saturated heterocycles. The van der Waals surface area contributed by atoms with Gasteiger partial charge in [0.15, 0.2) is 0 Å². The fourth-order valence-corrected chi connectivity index (χ4v) is 3.43. The number of nitrogens with zero attached hydrogens (tertiary/aromatic N) is 3. The molecule has 0 unspecified atom stereocenters. The molecule has 0 aromatic carbocycles. The highest BCUT2D eigenvalue weighted by Crippen LogP contribution is 2.22. The maximum absolute atomic E-state index is 12.6. The van der Waals surface area contributed by atoms with E-state index in [1.54, 1.807) is 31.5 Å². The van der Waals surface area contributed by atoms with Crippen LogP contribution in [-0.2, 0) is 23.1 Å². The molecular weight excluding hydrogens is 278 g/mol. The molecule has 108 valence electrons. The predicted octanol–water partition coefficient (Wildman–Crippen LogP) is 0.393. The van der Waals surface area contributed by atoms with E-state index >= 15 is 0 Å². The minimum absolute atomic E-state index is 0.0714. The average molecular weight is 295 g/mol. The van der Waals surface area contributed by atoms with Crippen molar-refractivity contribution < 1.29 is 8.42 Å². The Hall–Kier alpha value is -1.77. The Morgan fingerprint density at radius 1 is 1.35 bits per heavy atom. The number of hydrogen-bond donors (Lipinski definition) is 2. The number of hydrogen-bond acceptors (Lipinski definition) is 5. The summed E-state index contributed by atoms with van der Waals surface area (Å²) in [5, 5.41) is 6.59. The van der Waals surface area contributed by atoms with Crippen LogP contribution >= 0.6 is 0 Å². The first kappa shape index (κ1) is 14.6. The van der Waals surface area contributed by atoms with Gasteiger partial charge in [-0.1, -0.05) is 0 Å². The summed E-state index contributed by atoms with van der Waals surface area (Å²) in [6, 6.07) is 3.55. The molecule has 2 heterocycles. The van der Waals surface area contributed by atoms with Crippen LogP contribution in [-0.4, -0.2) is 35.0 Å². The van der Waals surface area contributed by atoms with Gasteiger partial charge in [-0.25, -0.2) is 8.42 Å². The number of sulfonamides is 1. The summed E-state index contributed by atoms with van der Waals surface area (Å²) in [4.78, 5) is 4.07. The fourth-order valence-electron chi connectivity index (χ4n) is 1.94. The van der Waals surface area contributed by atoms with E-state index in [9.17, 15) is 8.42 Å². The minimum Gasteiger partial charge on any atom is -0.325 e. The van der Waals surface area contributed by atoms with Gasteiger partial charge >= 0.3 is 0 Å². The van der Waals surface area contributed by atoms with E-state index in [1.165, 1.54) is 11.4 Å². The number of aryl methyl sites for hydroxylation is 1. The Kier molecular flexibility index (Phi) is 4.17. The average Bonchev–Trinajstić information content (AvgIpc) is 2.81. The van der Waals surface area contributed by atoms with Gasteiger partial charge in [0.05, 0.1) is 11.4 Å². The standard InChI is InChI=1S/C12H17N5O2S/c1-9-12(11(7-13)16-15-9)20(18,19)17(2)8-10-3-5-14-6-4-10/h3-6H,7-8,13H2,1-2H3,(H,15,16). The van der Waals surface area contributed by atoms with Gasteiger partial charge in [-0.2, -0.15) is 9.40 Å². The molecule has 0 bridgehead atoms. The molecule has 2 aromatic heterocycles. The topological polar surface area (TPSA) is 105 Å². The van der Waals surface area contributed by atoms with Crippen molar-refractivity contribution in [3.8, 4) is 0 Å². The molecule has 20 heavy (non-hydrogen) atoms. The van der Waals surface area contributed by atoms with Gasteiger partial charge in [0, 0.05) is 32.5 Å². The molecule has 0 atom stereocenters. The fraction of sp³-hybridized carbons (Fsp3) is 0.333. The monoisotopic (exact) mass is 295 g/mol. The molecule has 0 saturated carbocycles. The van der Waals surface area contributed by atoms with Crippen molar-refractivity contribution in [2.45, 2.75) is 24.9 Å². The summed E-state index contributed by atoms with van der Waals surface area (Å²) < 4.78 is 26.5. The second-order valence-electron chi connectivity index (χ2n) is 4.45. The van der Waals surface area contributed by atoms with Crippen molar-refractivity contribution in [1.29, 1.82) is 0 Å². The second kappa shape index (κ2) is 5.70. The zero-order chi connectivity index (χ0) is 14.8. The van der Waals surface area contributed by atoms with Crippen molar-refractivity contribution >= 4 is 10.0 Å². The van der Waals surface area contributed by atoms with Crippen LogP contribution in [0.25, 0.3) is 0 Å². The van der Waals surface area contributed by atoms with Crippen LogP contribution in [0, 0.1) is 6.92 Å². The molecule has 8 heteroatoms. The van der Waals surface area contributed by atoms with Gasteiger partial charge in [-0.15, -0.1) is 0 Å². The first-order chi connectivity index (χ1) is 9.46. The Bertz CT molecular complexity index is 681. The third-order valence-corrected chi connectivity index (χ3v) is 4.98. The number of rotatable bonds is 5. The second-order valence-corrected chi connectivity index (χ2v) is 6.43. The summed E-state index contributed by atoms with van der Waals surface area (Å²) in [6.07, 6.45) is 3.26. The molecule has 0 aliphatic rings. The smallest absolute Gasteiger partial charge is 0.246 e. The summed E-state index contributed by atoms with van der Waals surface area (Å²) in [5.41, 5.74) is 7.25. The van der Waals surface area contributed by atoms with Crippen LogP contribution in [0.4, 0.5) is 0 Å². The van der Waals surface area contributed by atoms with Crippen molar-refractivity contribution in [2.75, 3.05) is 7.05 Å². The van der Waals surface area contributed by atoms with Gasteiger partial charge in [-0.05, 0) is 24.6 Å². The van der Waals surface area contributed by atoms with Gasteiger partial charge in [-0.3, -0.25) is 10.1 Å². The SMILES string of the molecule is Cc1[nH]nc(CN)c1S(=O)(=O)N(C)Cc1ccncc1. The largest absolute Gasteiger partial charge is 0.325 e. The van der Waals surface area contributed by atoms with Crippen LogP contribution in [0.5, 0.6) is 0 Å². The van der Waals surface area contributed by atoms with Crippen molar-refractivity contribution in [1.82, 2.24) is 19.5 Å². The summed E-state index contributed by atoms with van der Waals surface area (Å²) in [6.45, 7) is 2.00. The van der Waals surface area contributed by atoms with Crippen LogP contribution in [0.1, 0.15) is 17.0 Å². The predicted molar refractivity (Wildman–Crippen MR) is 74.1 cm³/mol. The van der Waals surface area contributed by atoms with Gasteiger partial charge in [0.25, 0.3) is 0 Å². The molecule has 0 aliphatic carbocycles. The first-order valence-corrected chi connectivity index (χ1v) is 7.50. The third-order valence-electron chi connectivity index (χ3n) is 2.98. The van der Waals surface area contributed by atoms with E-state index in [0.29, 0.717) is 11.4 Å². The summed E-state index contributed by atoms with van der Waals surface area (Å²) >= 11 is 0. The maximum Gasteiger partial charge on any atom is 0.246 e. The van der Waals surface area contributed by atoms with E-state index in [-0.39, 0.29) is 18.0 Å². The van der Waals surface area contributed by atoms with Crippen molar-refractivity contribution in [3.05, 3.63) is 41.5 Å². The number of aromatic nitrogens is 3. The number of pyridine rings is 1.